The standard InChI is InChI=1S/C18H29FN2/c1-13(2)20-11-16-5-6-18(19)17(10-16)12-21-8-7-14(3)9-15(21)4/h5-6,10,13-15,20H,7-9,11-12H2,1-4H3. The smallest absolute Gasteiger partial charge is 0.127 e. The van der Waals surface area contributed by atoms with Gasteiger partial charge >= 0.3 is 0 Å². The van der Waals surface area contributed by atoms with Crippen LogP contribution >= 0.6 is 0 Å². The fraction of sp³-hybridized carbons (Fsp3) is 0.667. The number of halogens is 1. The summed E-state index contributed by atoms with van der Waals surface area (Å²) in [6.07, 6.45) is 2.44. The Balaban J connectivity index is 2.03. The number of likely N-dealkylation sites (tertiary alicyclic amines) is 1. The van der Waals surface area contributed by atoms with Crippen LogP contribution in [0.1, 0.15) is 51.7 Å². The third-order valence-corrected chi connectivity index (χ3v) is 4.47. The Morgan fingerprint density at radius 1 is 1.33 bits per heavy atom. The van der Waals surface area contributed by atoms with E-state index in [4.69, 9.17) is 0 Å². The number of nitrogens with zero attached hydrogens (tertiary/aromatic N) is 1. The first-order valence-electron chi connectivity index (χ1n) is 8.20. The molecule has 0 amide bonds. The summed E-state index contributed by atoms with van der Waals surface area (Å²) in [7, 11) is 0. The number of nitrogens with one attached hydrogen (secondary N) is 1. The molecule has 0 saturated carbocycles. The van der Waals surface area contributed by atoms with E-state index in [0.29, 0.717) is 12.1 Å². The van der Waals surface area contributed by atoms with Crippen molar-refractivity contribution in [2.45, 2.75) is 65.7 Å². The molecule has 0 aliphatic carbocycles. The van der Waals surface area contributed by atoms with Gasteiger partial charge in [-0.05, 0) is 43.9 Å². The van der Waals surface area contributed by atoms with Gasteiger partial charge in [-0.15, -0.1) is 0 Å². The molecule has 1 heterocycles. The zero-order chi connectivity index (χ0) is 15.4. The molecule has 3 heteroatoms. The Bertz CT molecular complexity index is 459. The molecule has 1 aromatic carbocycles. The summed E-state index contributed by atoms with van der Waals surface area (Å²) < 4.78 is 14.1. The van der Waals surface area contributed by atoms with E-state index < -0.39 is 0 Å². The summed E-state index contributed by atoms with van der Waals surface area (Å²) in [5.41, 5.74) is 2.00. The quantitative estimate of drug-likeness (QED) is 0.884. The first kappa shape index (κ1) is 16.4. The molecule has 2 nitrogen and oxygen atoms in total. The summed E-state index contributed by atoms with van der Waals surface area (Å²) in [5.74, 6) is 0.719. The van der Waals surface area contributed by atoms with Crippen molar-refractivity contribution < 1.29 is 4.39 Å². The van der Waals surface area contributed by atoms with Gasteiger partial charge in [0.25, 0.3) is 0 Å². The third kappa shape index (κ3) is 4.79. The van der Waals surface area contributed by atoms with Crippen molar-refractivity contribution in [2.75, 3.05) is 6.54 Å². The molecule has 0 spiro atoms. The molecule has 1 N–H and O–H groups in total. The van der Waals surface area contributed by atoms with E-state index in [0.717, 1.165) is 36.7 Å². The first-order valence-corrected chi connectivity index (χ1v) is 8.20. The van der Waals surface area contributed by atoms with E-state index in [9.17, 15) is 4.39 Å². The third-order valence-electron chi connectivity index (χ3n) is 4.47. The van der Waals surface area contributed by atoms with Gasteiger partial charge in [-0.3, -0.25) is 4.90 Å². The highest BCUT2D eigenvalue weighted by Crippen LogP contribution is 2.24. The van der Waals surface area contributed by atoms with Crippen molar-refractivity contribution in [1.82, 2.24) is 10.2 Å². The van der Waals surface area contributed by atoms with Crippen LogP contribution in [0.3, 0.4) is 0 Å². The van der Waals surface area contributed by atoms with Gasteiger partial charge in [0.05, 0.1) is 0 Å². The average Bonchev–Trinajstić information content (AvgIpc) is 2.42. The second-order valence-electron chi connectivity index (χ2n) is 6.91. The van der Waals surface area contributed by atoms with E-state index in [1.165, 1.54) is 12.8 Å². The summed E-state index contributed by atoms with van der Waals surface area (Å²) in [6.45, 7) is 11.4. The van der Waals surface area contributed by atoms with Gasteiger partial charge in [-0.25, -0.2) is 4.39 Å². The molecular weight excluding hydrogens is 263 g/mol. The Morgan fingerprint density at radius 3 is 2.76 bits per heavy atom. The highest BCUT2D eigenvalue weighted by molar-refractivity contribution is 5.25. The highest BCUT2D eigenvalue weighted by Gasteiger charge is 2.23. The molecule has 1 fully saturated rings. The number of hydrogen-bond acceptors (Lipinski definition) is 2. The molecule has 0 radical (unpaired) electrons. The van der Waals surface area contributed by atoms with Crippen molar-refractivity contribution in [1.29, 1.82) is 0 Å². The Labute approximate surface area is 128 Å². The first-order chi connectivity index (χ1) is 9.95. The number of hydrogen-bond donors (Lipinski definition) is 1. The number of rotatable bonds is 5. The highest BCUT2D eigenvalue weighted by atomic mass is 19.1. The van der Waals surface area contributed by atoms with Gasteiger partial charge in [0, 0.05) is 30.7 Å². The molecule has 2 atom stereocenters. The van der Waals surface area contributed by atoms with Crippen LogP contribution in [-0.2, 0) is 13.1 Å². The van der Waals surface area contributed by atoms with Crippen molar-refractivity contribution in [2.24, 2.45) is 5.92 Å². The molecule has 2 rings (SSSR count). The van der Waals surface area contributed by atoms with Gasteiger partial charge < -0.3 is 5.32 Å². The van der Waals surface area contributed by atoms with Crippen LogP contribution < -0.4 is 5.32 Å². The van der Waals surface area contributed by atoms with Gasteiger partial charge in [0.1, 0.15) is 5.82 Å². The lowest BCUT2D eigenvalue weighted by molar-refractivity contribution is 0.121. The molecule has 21 heavy (non-hydrogen) atoms. The SMILES string of the molecule is CC1CCN(Cc2cc(CNC(C)C)ccc2F)C(C)C1. The Morgan fingerprint density at radius 2 is 2.10 bits per heavy atom. The number of benzene rings is 1. The lowest BCUT2D eigenvalue weighted by Crippen LogP contribution is -2.39. The van der Waals surface area contributed by atoms with Crippen molar-refractivity contribution in [3.63, 3.8) is 0 Å². The summed E-state index contributed by atoms with van der Waals surface area (Å²) in [4.78, 5) is 2.41. The van der Waals surface area contributed by atoms with Gasteiger partial charge in [-0.2, -0.15) is 0 Å². The fourth-order valence-corrected chi connectivity index (χ4v) is 3.09. The largest absolute Gasteiger partial charge is 0.310 e. The summed E-state index contributed by atoms with van der Waals surface area (Å²) in [6, 6.07) is 6.52. The van der Waals surface area contributed by atoms with Crippen LogP contribution in [0.15, 0.2) is 18.2 Å². The van der Waals surface area contributed by atoms with Crippen LogP contribution in [0.25, 0.3) is 0 Å². The molecule has 2 unspecified atom stereocenters. The van der Waals surface area contributed by atoms with E-state index in [2.05, 4.69) is 37.9 Å². The minimum Gasteiger partial charge on any atom is -0.310 e. The topological polar surface area (TPSA) is 15.3 Å². The maximum atomic E-state index is 14.1. The van der Waals surface area contributed by atoms with Crippen LogP contribution in [0, 0.1) is 11.7 Å². The summed E-state index contributed by atoms with van der Waals surface area (Å²) in [5, 5.41) is 3.39. The van der Waals surface area contributed by atoms with Crippen molar-refractivity contribution in [3.05, 3.63) is 35.1 Å². The minimum absolute atomic E-state index is 0.0749. The zero-order valence-corrected chi connectivity index (χ0v) is 13.8. The van der Waals surface area contributed by atoms with Gasteiger partial charge in [0.2, 0.25) is 0 Å². The fourth-order valence-electron chi connectivity index (χ4n) is 3.09. The van der Waals surface area contributed by atoms with Crippen LogP contribution in [-0.4, -0.2) is 23.5 Å². The maximum Gasteiger partial charge on any atom is 0.127 e. The summed E-state index contributed by atoms with van der Waals surface area (Å²) >= 11 is 0. The predicted molar refractivity (Wildman–Crippen MR) is 86.6 cm³/mol. The van der Waals surface area contributed by atoms with Crippen LogP contribution in [0.4, 0.5) is 4.39 Å². The van der Waals surface area contributed by atoms with E-state index in [1.54, 1.807) is 6.07 Å². The van der Waals surface area contributed by atoms with Crippen LogP contribution in [0.2, 0.25) is 0 Å². The normalized spacial score (nSPS) is 23.7. The molecule has 1 saturated heterocycles. The van der Waals surface area contributed by atoms with Crippen molar-refractivity contribution >= 4 is 0 Å². The second-order valence-corrected chi connectivity index (χ2v) is 6.91. The molecule has 1 aromatic rings. The molecule has 0 bridgehead atoms. The zero-order valence-electron chi connectivity index (χ0n) is 13.8. The number of piperidine rings is 1. The Kier molecular flexibility index (Phi) is 5.77. The molecule has 118 valence electrons. The lowest BCUT2D eigenvalue weighted by Gasteiger charge is -2.36. The van der Waals surface area contributed by atoms with Crippen LogP contribution in [0.5, 0.6) is 0 Å². The molecule has 1 aliphatic rings. The minimum atomic E-state index is -0.0749. The molecule has 0 aromatic heterocycles. The Hall–Kier alpha value is -0.930. The van der Waals surface area contributed by atoms with Gasteiger partial charge in [0.15, 0.2) is 0 Å². The molecular formula is C18H29FN2. The van der Waals surface area contributed by atoms with E-state index >= 15 is 0 Å². The molecule has 1 aliphatic heterocycles. The van der Waals surface area contributed by atoms with Crippen molar-refractivity contribution in [3.8, 4) is 0 Å². The van der Waals surface area contributed by atoms with Gasteiger partial charge in [-0.1, -0.05) is 32.9 Å². The maximum absolute atomic E-state index is 14.1. The van der Waals surface area contributed by atoms with E-state index in [1.807, 2.05) is 12.1 Å². The lowest BCUT2D eigenvalue weighted by atomic mass is 9.93. The second kappa shape index (κ2) is 7.37. The predicted octanol–water partition coefficient (Wildman–Crippen LogP) is 3.94. The monoisotopic (exact) mass is 292 g/mol. The average molecular weight is 292 g/mol. The van der Waals surface area contributed by atoms with E-state index in [-0.39, 0.29) is 5.82 Å².